The van der Waals surface area contributed by atoms with Gasteiger partial charge in [-0.1, -0.05) is 12.1 Å². The molecule has 0 aliphatic rings. The molecule has 28 heavy (non-hydrogen) atoms. The molecule has 0 aliphatic carbocycles. The maximum Gasteiger partial charge on any atom is 0.251 e. The number of nitrogens with zero attached hydrogens (tertiary/aromatic N) is 4. The van der Waals surface area contributed by atoms with E-state index >= 15 is 0 Å². The highest BCUT2D eigenvalue weighted by Crippen LogP contribution is 2.25. The monoisotopic (exact) mass is 376 g/mol. The van der Waals surface area contributed by atoms with Crippen LogP contribution in [0.15, 0.2) is 59.6 Å². The third kappa shape index (κ3) is 3.57. The van der Waals surface area contributed by atoms with Gasteiger partial charge in [0.15, 0.2) is 5.65 Å². The Kier molecular flexibility index (Phi) is 4.76. The van der Waals surface area contributed by atoms with Crippen molar-refractivity contribution in [3.8, 4) is 11.1 Å². The fourth-order valence-corrected chi connectivity index (χ4v) is 2.88. The molecule has 3 aromatic heterocycles. The van der Waals surface area contributed by atoms with Crippen LogP contribution >= 0.6 is 0 Å². The molecule has 8 nitrogen and oxygen atoms in total. The molecule has 4 aromatic rings. The molecular formula is C20H20N6O2. The third-order valence-electron chi connectivity index (χ3n) is 4.21. The summed E-state index contributed by atoms with van der Waals surface area (Å²) in [7, 11) is 0. The normalized spacial score (nSPS) is 11.1. The van der Waals surface area contributed by atoms with E-state index in [4.69, 9.17) is 4.42 Å². The zero-order chi connectivity index (χ0) is 19.5. The van der Waals surface area contributed by atoms with E-state index in [1.807, 2.05) is 38.1 Å². The minimum absolute atomic E-state index is 0.0909. The number of hydrogen-bond acceptors (Lipinski definition) is 6. The van der Waals surface area contributed by atoms with Gasteiger partial charge in [0.25, 0.3) is 5.91 Å². The maximum absolute atomic E-state index is 12.1. The predicted octanol–water partition coefficient (Wildman–Crippen LogP) is 3.13. The summed E-state index contributed by atoms with van der Waals surface area (Å²) in [5.74, 6) is 1.33. The van der Waals surface area contributed by atoms with Crippen molar-refractivity contribution in [1.82, 2.24) is 24.9 Å². The van der Waals surface area contributed by atoms with E-state index in [-0.39, 0.29) is 11.9 Å². The lowest BCUT2D eigenvalue weighted by Crippen LogP contribution is -2.29. The topological polar surface area (TPSA) is 97.3 Å². The summed E-state index contributed by atoms with van der Waals surface area (Å²) in [6, 6.07) is 11.2. The molecule has 2 N–H and O–H groups in total. The smallest absolute Gasteiger partial charge is 0.251 e. The summed E-state index contributed by atoms with van der Waals surface area (Å²) < 4.78 is 7.12. The molecule has 0 fully saturated rings. The summed E-state index contributed by atoms with van der Waals surface area (Å²) in [5, 5.41) is 14.4. The van der Waals surface area contributed by atoms with Crippen molar-refractivity contribution in [2.75, 3.05) is 5.32 Å². The number of carbonyl (C=O) groups excluding carboxylic acids is 1. The largest absolute Gasteiger partial charge is 0.467 e. The van der Waals surface area contributed by atoms with E-state index in [0.29, 0.717) is 23.7 Å². The van der Waals surface area contributed by atoms with E-state index in [1.54, 1.807) is 35.3 Å². The van der Waals surface area contributed by atoms with Crippen molar-refractivity contribution in [3.63, 3.8) is 0 Å². The highest BCUT2D eigenvalue weighted by Gasteiger charge is 2.13. The summed E-state index contributed by atoms with van der Waals surface area (Å²) >= 11 is 0. The quantitative estimate of drug-likeness (QED) is 0.537. The van der Waals surface area contributed by atoms with Crippen LogP contribution in [0.2, 0.25) is 0 Å². The Morgan fingerprint density at radius 2 is 2.04 bits per heavy atom. The van der Waals surface area contributed by atoms with E-state index < -0.39 is 0 Å². The first-order valence-corrected chi connectivity index (χ1v) is 8.98. The van der Waals surface area contributed by atoms with Crippen LogP contribution in [0.3, 0.4) is 0 Å². The van der Waals surface area contributed by atoms with Crippen LogP contribution in [0.4, 0.5) is 5.95 Å². The standard InChI is InChI=1S/C20H20N6O2/c1-13(2)24-19(27)15-7-5-14(6-8-15)17-11-22-20(26-12-23-25-18(17)26)21-10-16-4-3-9-28-16/h3-9,11-13H,10H2,1-2H3,(H,21,22)(H,24,27). The Bertz CT molecular complexity index is 1080. The Balaban J connectivity index is 1.60. The third-order valence-corrected chi connectivity index (χ3v) is 4.21. The van der Waals surface area contributed by atoms with Gasteiger partial charge < -0.3 is 15.1 Å². The average molecular weight is 376 g/mol. The minimum atomic E-state index is -0.0928. The van der Waals surface area contributed by atoms with Crippen molar-refractivity contribution in [1.29, 1.82) is 0 Å². The summed E-state index contributed by atoms with van der Waals surface area (Å²) in [6.07, 6.45) is 4.99. The van der Waals surface area contributed by atoms with E-state index in [2.05, 4.69) is 25.8 Å². The van der Waals surface area contributed by atoms with Crippen molar-refractivity contribution in [3.05, 3.63) is 66.5 Å². The predicted molar refractivity (Wildman–Crippen MR) is 105 cm³/mol. The van der Waals surface area contributed by atoms with Crippen molar-refractivity contribution in [2.24, 2.45) is 0 Å². The second-order valence-electron chi connectivity index (χ2n) is 6.66. The lowest BCUT2D eigenvalue weighted by atomic mass is 10.1. The van der Waals surface area contributed by atoms with Crippen LogP contribution in [-0.2, 0) is 6.54 Å². The van der Waals surface area contributed by atoms with Gasteiger partial charge in [-0.2, -0.15) is 0 Å². The van der Waals surface area contributed by atoms with E-state index in [1.165, 1.54) is 0 Å². The molecule has 0 aliphatic heterocycles. The molecule has 0 unspecified atom stereocenters. The second-order valence-corrected chi connectivity index (χ2v) is 6.66. The molecule has 0 radical (unpaired) electrons. The van der Waals surface area contributed by atoms with Crippen LogP contribution in [0, 0.1) is 0 Å². The molecule has 0 spiro atoms. The number of amides is 1. The van der Waals surface area contributed by atoms with Gasteiger partial charge in [-0.25, -0.2) is 4.98 Å². The lowest BCUT2D eigenvalue weighted by molar-refractivity contribution is 0.0943. The number of benzene rings is 1. The average Bonchev–Trinajstić information content (AvgIpc) is 3.38. The van der Waals surface area contributed by atoms with Crippen molar-refractivity contribution < 1.29 is 9.21 Å². The number of anilines is 1. The van der Waals surface area contributed by atoms with Crippen molar-refractivity contribution >= 4 is 17.5 Å². The van der Waals surface area contributed by atoms with Gasteiger partial charge in [0.2, 0.25) is 5.95 Å². The first-order valence-electron chi connectivity index (χ1n) is 8.98. The fourth-order valence-electron chi connectivity index (χ4n) is 2.88. The van der Waals surface area contributed by atoms with Gasteiger partial charge in [0.05, 0.1) is 12.8 Å². The number of carbonyl (C=O) groups is 1. The second kappa shape index (κ2) is 7.51. The first kappa shape index (κ1) is 17.7. The summed E-state index contributed by atoms with van der Waals surface area (Å²) in [4.78, 5) is 16.6. The fraction of sp³-hybridized carbons (Fsp3) is 0.200. The number of aromatic nitrogens is 4. The maximum atomic E-state index is 12.1. The molecule has 4 rings (SSSR count). The molecule has 0 saturated heterocycles. The first-order chi connectivity index (χ1) is 13.6. The van der Waals surface area contributed by atoms with Crippen LogP contribution < -0.4 is 10.6 Å². The van der Waals surface area contributed by atoms with Gasteiger partial charge in [-0.05, 0) is 43.7 Å². The highest BCUT2D eigenvalue weighted by molar-refractivity contribution is 5.95. The molecular weight excluding hydrogens is 356 g/mol. The number of hydrogen-bond donors (Lipinski definition) is 2. The Hall–Kier alpha value is -3.68. The zero-order valence-electron chi connectivity index (χ0n) is 15.6. The van der Waals surface area contributed by atoms with Crippen LogP contribution in [-0.4, -0.2) is 31.5 Å². The Morgan fingerprint density at radius 1 is 1.21 bits per heavy atom. The van der Waals surface area contributed by atoms with Crippen LogP contribution in [0.1, 0.15) is 30.0 Å². The van der Waals surface area contributed by atoms with Gasteiger partial charge in [0.1, 0.15) is 12.1 Å². The molecule has 3 heterocycles. The van der Waals surface area contributed by atoms with Gasteiger partial charge in [-0.15, -0.1) is 10.2 Å². The molecule has 0 bridgehead atoms. The lowest BCUT2D eigenvalue weighted by Gasteiger charge is -2.10. The SMILES string of the molecule is CC(C)NC(=O)c1ccc(-c2cnc(NCc3ccco3)n3cnnc23)cc1. The summed E-state index contributed by atoms with van der Waals surface area (Å²) in [6.45, 7) is 4.37. The molecule has 1 amide bonds. The molecule has 0 atom stereocenters. The number of furan rings is 1. The summed E-state index contributed by atoms with van der Waals surface area (Å²) in [5.41, 5.74) is 3.03. The van der Waals surface area contributed by atoms with Crippen LogP contribution in [0.5, 0.6) is 0 Å². The van der Waals surface area contributed by atoms with Gasteiger partial charge >= 0.3 is 0 Å². The Morgan fingerprint density at radius 3 is 2.75 bits per heavy atom. The number of fused-ring (bicyclic) bond motifs is 1. The zero-order valence-corrected chi connectivity index (χ0v) is 15.6. The van der Waals surface area contributed by atoms with Crippen molar-refractivity contribution in [2.45, 2.75) is 26.4 Å². The molecule has 1 aromatic carbocycles. The van der Waals surface area contributed by atoms with Gasteiger partial charge in [0, 0.05) is 23.4 Å². The highest BCUT2D eigenvalue weighted by atomic mass is 16.3. The van der Waals surface area contributed by atoms with Gasteiger partial charge in [-0.3, -0.25) is 9.20 Å². The van der Waals surface area contributed by atoms with Crippen LogP contribution in [0.25, 0.3) is 16.8 Å². The number of rotatable bonds is 6. The van der Waals surface area contributed by atoms with E-state index in [9.17, 15) is 4.79 Å². The molecule has 0 saturated carbocycles. The molecule has 8 heteroatoms. The Labute approximate surface area is 161 Å². The molecule has 142 valence electrons. The number of nitrogens with one attached hydrogen (secondary N) is 2. The van der Waals surface area contributed by atoms with E-state index in [0.717, 1.165) is 16.9 Å². The minimum Gasteiger partial charge on any atom is -0.467 e.